The van der Waals surface area contributed by atoms with Crippen molar-refractivity contribution in [2.24, 2.45) is 23.7 Å². The van der Waals surface area contributed by atoms with Crippen LogP contribution in [0.15, 0.2) is 60.7 Å². The summed E-state index contributed by atoms with van der Waals surface area (Å²) in [6, 6.07) is 20.2. The van der Waals surface area contributed by atoms with Gasteiger partial charge in [0, 0.05) is 12.8 Å². The Bertz CT molecular complexity index is 952. The molecule has 4 saturated carbocycles. The van der Waals surface area contributed by atoms with Crippen LogP contribution in [0.1, 0.15) is 62.5 Å². The number of carbonyl (C=O) groups excluding carboxylic acids is 1. The molecular formula is C32H42O6. The second-order valence-electron chi connectivity index (χ2n) is 11.4. The lowest BCUT2D eigenvalue weighted by Crippen LogP contribution is -2.35. The minimum absolute atomic E-state index is 0.109. The van der Waals surface area contributed by atoms with Gasteiger partial charge in [0.1, 0.15) is 19.4 Å². The summed E-state index contributed by atoms with van der Waals surface area (Å²) in [7, 11) is 0. The van der Waals surface area contributed by atoms with Gasteiger partial charge in [0.15, 0.2) is 0 Å². The van der Waals surface area contributed by atoms with Gasteiger partial charge in [-0.2, -0.15) is 0 Å². The van der Waals surface area contributed by atoms with Crippen LogP contribution in [0.4, 0.5) is 0 Å². The number of fused-ring (bicyclic) bond motifs is 4. The maximum atomic E-state index is 11.5. The van der Waals surface area contributed by atoms with E-state index in [9.17, 15) is 9.90 Å². The lowest BCUT2D eigenvalue weighted by atomic mass is 9.84. The number of ketones is 1. The van der Waals surface area contributed by atoms with Gasteiger partial charge >= 0.3 is 0 Å². The largest absolute Gasteiger partial charge is 0.393 e. The number of benzene rings is 2. The molecule has 0 radical (unpaired) electrons. The van der Waals surface area contributed by atoms with Gasteiger partial charge in [-0.25, -0.2) is 0 Å². The molecule has 6 heteroatoms. The lowest BCUT2D eigenvalue weighted by molar-refractivity contribution is -0.142. The van der Waals surface area contributed by atoms with Crippen molar-refractivity contribution in [1.82, 2.24) is 0 Å². The van der Waals surface area contributed by atoms with Gasteiger partial charge in [0.05, 0.1) is 31.5 Å². The van der Waals surface area contributed by atoms with Crippen LogP contribution < -0.4 is 0 Å². The van der Waals surface area contributed by atoms with Gasteiger partial charge in [-0.05, 0) is 73.3 Å². The third-order valence-electron chi connectivity index (χ3n) is 8.72. The second kappa shape index (κ2) is 13.8. The van der Waals surface area contributed by atoms with E-state index >= 15 is 0 Å². The molecule has 4 unspecified atom stereocenters. The van der Waals surface area contributed by atoms with Crippen molar-refractivity contribution >= 4 is 5.78 Å². The number of hydrogen-bond donors (Lipinski definition) is 1. The Hall–Kier alpha value is -2.09. The minimum atomic E-state index is -0.109. The number of rotatable bonds is 10. The van der Waals surface area contributed by atoms with Gasteiger partial charge < -0.3 is 24.1 Å². The van der Waals surface area contributed by atoms with E-state index in [4.69, 9.17) is 18.9 Å². The number of hydrogen-bond acceptors (Lipinski definition) is 6. The standard InChI is InChI=1S/C16H22O3.C16H20O3/c2*17-15-8-13-6-7-14(9-15)16(13)19-11-18-10-12-4-2-1-3-5-12/h1-5,13-17H,6-11H2;1-5,13-14,16H,6-11H2. The zero-order valence-electron chi connectivity index (χ0n) is 22.3. The molecule has 4 atom stereocenters. The quantitative estimate of drug-likeness (QED) is 0.321. The van der Waals surface area contributed by atoms with Crippen LogP contribution >= 0.6 is 0 Å². The Morgan fingerprint density at radius 1 is 0.632 bits per heavy atom. The highest BCUT2D eigenvalue weighted by Crippen LogP contribution is 2.44. The molecule has 6 rings (SSSR count). The monoisotopic (exact) mass is 522 g/mol. The Morgan fingerprint density at radius 3 is 1.53 bits per heavy atom. The summed E-state index contributed by atoms with van der Waals surface area (Å²) in [6.45, 7) is 1.89. The fourth-order valence-electron chi connectivity index (χ4n) is 6.95. The smallest absolute Gasteiger partial charge is 0.147 e. The number of aliphatic hydroxyl groups is 1. The first-order valence-corrected chi connectivity index (χ1v) is 14.3. The predicted octanol–water partition coefficient (Wildman–Crippen LogP) is 5.66. The Kier molecular flexibility index (Phi) is 9.99. The van der Waals surface area contributed by atoms with Crippen molar-refractivity contribution < 1.29 is 28.8 Å². The molecule has 0 heterocycles. The van der Waals surface area contributed by atoms with E-state index in [1.807, 2.05) is 48.5 Å². The molecule has 6 nitrogen and oxygen atoms in total. The minimum Gasteiger partial charge on any atom is -0.393 e. The van der Waals surface area contributed by atoms with E-state index in [0.29, 0.717) is 75.2 Å². The van der Waals surface area contributed by atoms with Gasteiger partial charge in [-0.3, -0.25) is 4.79 Å². The van der Waals surface area contributed by atoms with E-state index in [-0.39, 0.29) is 12.2 Å². The summed E-state index contributed by atoms with van der Waals surface area (Å²) in [5.74, 6) is 2.36. The Morgan fingerprint density at radius 2 is 1.05 bits per heavy atom. The first-order chi connectivity index (χ1) is 18.7. The van der Waals surface area contributed by atoms with Crippen LogP contribution in [0.25, 0.3) is 0 Å². The zero-order valence-corrected chi connectivity index (χ0v) is 22.3. The molecule has 0 spiro atoms. The van der Waals surface area contributed by atoms with E-state index in [1.54, 1.807) is 0 Å². The van der Waals surface area contributed by atoms with E-state index < -0.39 is 0 Å². The average Bonchev–Trinajstić information content (AvgIpc) is 3.32. The van der Waals surface area contributed by atoms with Crippen molar-refractivity contribution in [3.63, 3.8) is 0 Å². The molecule has 4 aliphatic carbocycles. The molecule has 2 aromatic rings. The third kappa shape index (κ3) is 7.51. The second-order valence-corrected chi connectivity index (χ2v) is 11.4. The molecule has 2 aromatic carbocycles. The van der Waals surface area contributed by atoms with Crippen LogP contribution in [-0.2, 0) is 37.0 Å². The summed E-state index contributed by atoms with van der Waals surface area (Å²) >= 11 is 0. The fourth-order valence-corrected chi connectivity index (χ4v) is 6.95. The summed E-state index contributed by atoms with van der Waals surface area (Å²) in [4.78, 5) is 11.5. The SMILES string of the molecule is O=C1CC2CCC(C1)C2OCOCc1ccccc1.OC1CC2CCC(C1)C2OCOCc1ccccc1. The number of carbonyl (C=O) groups is 1. The van der Waals surface area contributed by atoms with E-state index in [0.717, 1.165) is 31.2 Å². The van der Waals surface area contributed by atoms with Crippen LogP contribution in [0.5, 0.6) is 0 Å². The summed E-state index contributed by atoms with van der Waals surface area (Å²) in [5.41, 5.74) is 2.33. The lowest BCUT2D eigenvalue weighted by Gasteiger charge is -2.32. The van der Waals surface area contributed by atoms with Crippen molar-refractivity contribution in [2.75, 3.05) is 13.6 Å². The fraction of sp³-hybridized carbons (Fsp3) is 0.594. The third-order valence-corrected chi connectivity index (χ3v) is 8.72. The molecule has 0 aliphatic heterocycles. The Balaban J connectivity index is 0.000000155. The molecule has 38 heavy (non-hydrogen) atoms. The van der Waals surface area contributed by atoms with Crippen molar-refractivity contribution in [3.05, 3.63) is 71.8 Å². The number of ether oxygens (including phenoxy) is 4. The van der Waals surface area contributed by atoms with Crippen molar-refractivity contribution in [3.8, 4) is 0 Å². The van der Waals surface area contributed by atoms with E-state index in [2.05, 4.69) is 12.1 Å². The van der Waals surface area contributed by atoms with Crippen molar-refractivity contribution in [2.45, 2.75) is 82.9 Å². The number of Topliss-reactive ketones (excluding diaryl/α,β-unsaturated/α-hetero) is 1. The van der Waals surface area contributed by atoms with Gasteiger partial charge in [0.2, 0.25) is 0 Å². The first kappa shape index (κ1) is 27.5. The first-order valence-electron chi connectivity index (χ1n) is 14.3. The van der Waals surface area contributed by atoms with Gasteiger partial charge in [0.25, 0.3) is 0 Å². The molecule has 1 N–H and O–H groups in total. The van der Waals surface area contributed by atoms with Gasteiger partial charge in [-0.15, -0.1) is 0 Å². The average molecular weight is 523 g/mol. The molecule has 4 fully saturated rings. The molecule has 4 bridgehead atoms. The molecule has 0 aromatic heterocycles. The normalized spacial score (nSPS) is 31.6. The van der Waals surface area contributed by atoms with Crippen LogP contribution in [0, 0.1) is 23.7 Å². The van der Waals surface area contributed by atoms with E-state index in [1.165, 1.54) is 18.4 Å². The molecule has 0 amide bonds. The molecular weight excluding hydrogens is 480 g/mol. The van der Waals surface area contributed by atoms with Gasteiger partial charge in [-0.1, -0.05) is 60.7 Å². The zero-order chi connectivity index (χ0) is 26.2. The number of aliphatic hydroxyl groups excluding tert-OH is 1. The molecule has 0 saturated heterocycles. The molecule has 206 valence electrons. The highest BCUT2D eigenvalue weighted by molar-refractivity contribution is 5.80. The van der Waals surface area contributed by atoms with Crippen LogP contribution in [-0.4, -0.2) is 42.8 Å². The maximum Gasteiger partial charge on any atom is 0.147 e. The topological polar surface area (TPSA) is 74.2 Å². The van der Waals surface area contributed by atoms with Crippen LogP contribution in [0.2, 0.25) is 0 Å². The van der Waals surface area contributed by atoms with Crippen LogP contribution in [0.3, 0.4) is 0 Å². The van der Waals surface area contributed by atoms with Crippen molar-refractivity contribution in [1.29, 1.82) is 0 Å². The summed E-state index contributed by atoms with van der Waals surface area (Å²) in [6.07, 6.45) is 8.34. The highest BCUT2D eigenvalue weighted by Gasteiger charge is 2.43. The molecule has 4 aliphatic rings. The maximum absolute atomic E-state index is 11.5. The Labute approximate surface area is 226 Å². The predicted molar refractivity (Wildman–Crippen MR) is 144 cm³/mol. The summed E-state index contributed by atoms with van der Waals surface area (Å²) < 4.78 is 22.9. The highest BCUT2D eigenvalue weighted by atomic mass is 16.7. The summed E-state index contributed by atoms with van der Waals surface area (Å²) in [5, 5.41) is 9.74.